The van der Waals surface area contributed by atoms with E-state index in [9.17, 15) is 4.79 Å². The molecule has 0 aliphatic rings. The van der Waals surface area contributed by atoms with E-state index in [0.717, 1.165) is 12.8 Å². The Morgan fingerprint density at radius 1 is 1.61 bits per heavy atom. The van der Waals surface area contributed by atoms with Crippen molar-refractivity contribution in [3.05, 3.63) is 12.4 Å². The number of nitrogens with two attached hydrogens (primary N) is 1. The van der Waals surface area contributed by atoms with Crippen LogP contribution in [0.15, 0.2) is 12.4 Å². The number of nitrogens with one attached hydrogen (secondary N) is 1. The maximum Gasteiger partial charge on any atom is 0.241 e. The summed E-state index contributed by atoms with van der Waals surface area (Å²) in [6.07, 6.45) is 4.76. The predicted octanol–water partition coefficient (Wildman–Crippen LogP) is 0.380. The minimum absolute atomic E-state index is 0.0124. The van der Waals surface area contributed by atoms with Crippen LogP contribution in [0.25, 0.3) is 0 Å². The van der Waals surface area contributed by atoms with Gasteiger partial charge in [0.1, 0.15) is 6.54 Å². The standard InChI is InChI=1S/C12H22N4O2/c1-12(2,4-3-5-17)9-14-11(18)8-16-7-10(13)6-15-16/h6-7,17H,3-5,8-9,13H2,1-2H3,(H,14,18). The molecule has 1 aromatic heterocycles. The Hall–Kier alpha value is -1.56. The Kier molecular flexibility index (Phi) is 5.15. The molecule has 18 heavy (non-hydrogen) atoms. The van der Waals surface area contributed by atoms with Gasteiger partial charge in [0.15, 0.2) is 0 Å². The van der Waals surface area contributed by atoms with Crippen molar-refractivity contribution >= 4 is 11.6 Å². The minimum Gasteiger partial charge on any atom is -0.396 e. The highest BCUT2D eigenvalue weighted by Crippen LogP contribution is 2.20. The van der Waals surface area contributed by atoms with E-state index in [4.69, 9.17) is 10.8 Å². The molecule has 0 aromatic carbocycles. The maximum absolute atomic E-state index is 11.7. The second kappa shape index (κ2) is 6.39. The van der Waals surface area contributed by atoms with E-state index in [1.54, 1.807) is 6.20 Å². The fraction of sp³-hybridized carbons (Fsp3) is 0.667. The lowest BCUT2D eigenvalue weighted by molar-refractivity contribution is -0.122. The zero-order valence-electron chi connectivity index (χ0n) is 11.0. The van der Waals surface area contributed by atoms with Gasteiger partial charge < -0.3 is 16.2 Å². The van der Waals surface area contributed by atoms with Gasteiger partial charge in [-0.15, -0.1) is 0 Å². The normalized spacial score (nSPS) is 11.5. The van der Waals surface area contributed by atoms with Crippen LogP contribution in [-0.2, 0) is 11.3 Å². The fourth-order valence-corrected chi connectivity index (χ4v) is 1.65. The van der Waals surface area contributed by atoms with E-state index in [1.807, 2.05) is 0 Å². The molecule has 0 saturated carbocycles. The first-order valence-electron chi connectivity index (χ1n) is 6.08. The monoisotopic (exact) mass is 254 g/mol. The summed E-state index contributed by atoms with van der Waals surface area (Å²) in [4.78, 5) is 11.7. The van der Waals surface area contributed by atoms with Crippen molar-refractivity contribution in [3.8, 4) is 0 Å². The first-order chi connectivity index (χ1) is 8.43. The van der Waals surface area contributed by atoms with E-state index in [0.29, 0.717) is 12.2 Å². The molecule has 0 bridgehead atoms. The van der Waals surface area contributed by atoms with Crippen LogP contribution < -0.4 is 11.1 Å². The molecule has 4 N–H and O–H groups in total. The Balaban J connectivity index is 2.32. The Bertz CT molecular complexity index is 387. The van der Waals surface area contributed by atoms with Crippen molar-refractivity contribution in [2.75, 3.05) is 18.9 Å². The molecule has 102 valence electrons. The number of carbonyl (C=O) groups is 1. The second-order valence-corrected chi connectivity index (χ2v) is 5.24. The Labute approximate surface area is 107 Å². The molecule has 1 rings (SSSR count). The highest BCUT2D eigenvalue weighted by molar-refractivity contribution is 5.75. The third kappa shape index (κ3) is 5.18. The maximum atomic E-state index is 11.7. The van der Waals surface area contributed by atoms with Crippen LogP contribution in [0.3, 0.4) is 0 Å². The number of hydrogen-bond donors (Lipinski definition) is 3. The highest BCUT2D eigenvalue weighted by Gasteiger charge is 2.18. The number of hydrogen-bond acceptors (Lipinski definition) is 4. The predicted molar refractivity (Wildman–Crippen MR) is 69.7 cm³/mol. The average molecular weight is 254 g/mol. The number of amides is 1. The fourth-order valence-electron chi connectivity index (χ4n) is 1.65. The number of carbonyl (C=O) groups excluding carboxylic acids is 1. The summed E-state index contributed by atoms with van der Waals surface area (Å²) in [5.74, 6) is -0.0878. The smallest absolute Gasteiger partial charge is 0.241 e. The van der Waals surface area contributed by atoms with E-state index in [2.05, 4.69) is 24.3 Å². The molecule has 1 amide bonds. The van der Waals surface area contributed by atoms with Gasteiger partial charge in [-0.3, -0.25) is 9.48 Å². The molecule has 0 spiro atoms. The number of aromatic nitrogens is 2. The number of aliphatic hydroxyl groups is 1. The van der Waals surface area contributed by atoms with Crippen molar-refractivity contribution in [1.82, 2.24) is 15.1 Å². The molecule has 0 atom stereocenters. The lowest BCUT2D eigenvalue weighted by atomic mass is 9.88. The lowest BCUT2D eigenvalue weighted by Gasteiger charge is -2.24. The van der Waals surface area contributed by atoms with Crippen LogP contribution in [-0.4, -0.2) is 33.9 Å². The Morgan fingerprint density at radius 3 is 2.89 bits per heavy atom. The zero-order valence-corrected chi connectivity index (χ0v) is 11.0. The molecule has 6 heteroatoms. The van der Waals surface area contributed by atoms with Gasteiger partial charge in [0, 0.05) is 19.3 Å². The first-order valence-corrected chi connectivity index (χ1v) is 6.08. The number of rotatable bonds is 7. The van der Waals surface area contributed by atoms with E-state index < -0.39 is 0 Å². The summed E-state index contributed by atoms with van der Waals surface area (Å²) in [6, 6.07) is 0. The van der Waals surface area contributed by atoms with Crippen molar-refractivity contribution in [1.29, 1.82) is 0 Å². The quantitative estimate of drug-likeness (QED) is 0.656. The summed E-state index contributed by atoms with van der Waals surface area (Å²) < 4.78 is 1.51. The van der Waals surface area contributed by atoms with E-state index in [-0.39, 0.29) is 24.5 Å². The van der Waals surface area contributed by atoms with Gasteiger partial charge in [-0.1, -0.05) is 13.8 Å². The molecule has 0 aliphatic carbocycles. The van der Waals surface area contributed by atoms with Crippen LogP contribution in [0.4, 0.5) is 5.69 Å². The van der Waals surface area contributed by atoms with Gasteiger partial charge in [0.05, 0.1) is 11.9 Å². The van der Waals surface area contributed by atoms with Crippen LogP contribution in [0.5, 0.6) is 0 Å². The third-order valence-electron chi connectivity index (χ3n) is 2.73. The summed E-state index contributed by atoms with van der Waals surface area (Å²) >= 11 is 0. The molecule has 0 unspecified atom stereocenters. The topological polar surface area (TPSA) is 93.2 Å². The summed E-state index contributed by atoms with van der Waals surface area (Å²) in [7, 11) is 0. The highest BCUT2D eigenvalue weighted by atomic mass is 16.2. The average Bonchev–Trinajstić information content (AvgIpc) is 2.70. The summed E-state index contributed by atoms with van der Waals surface area (Å²) in [5, 5.41) is 15.6. The van der Waals surface area contributed by atoms with Gasteiger partial charge >= 0.3 is 0 Å². The molecule has 0 fully saturated rings. The largest absolute Gasteiger partial charge is 0.396 e. The van der Waals surface area contributed by atoms with Gasteiger partial charge in [0.25, 0.3) is 0 Å². The van der Waals surface area contributed by atoms with Crippen molar-refractivity contribution < 1.29 is 9.90 Å². The summed E-state index contributed by atoms with van der Waals surface area (Å²) in [6.45, 7) is 5.07. The van der Waals surface area contributed by atoms with Gasteiger partial charge in [-0.05, 0) is 18.3 Å². The number of nitrogens with zero attached hydrogens (tertiary/aromatic N) is 2. The van der Waals surface area contributed by atoms with E-state index in [1.165, 1.54) is 10.9 Å². The third-order valence-corrected chi connectivity index (χ3v) is 2.73. The Morgan fingerprint density at radius 2 is 2.33 bits per heavy atom. The van der Waals surface area contributed by atoms with Gasteiger partial charge in [-0.25, -0.2) is 0 Å². The zero-order chi connectivity index (χ0) is 13.6. The molecule has 1 aromatic rings. The van der Waals surface area contributed by atoms with Crippen LogP contribution in [0.1, 0.15) is 26.7 Å². The second-order valence-electron chi connectivity index (χ2n) is 5.24. The number of anilines is 1. The molecule has 0 saturated heterocycles. The van der Waals surface area contributed by atoms with Crippen molar-refractivity contribution in [2.45, 2.75) is 33.2 Å². The minimum atomic E-state index is -0.0878. The lowest BCUT2D eigenvalue weighted by Crippen LogP contribution is -2.36. The molecule has 1 heterocycles. The number of aliphatic hydroxyl groups excluding tert-OH is 1. The van der Waals surface area contributed by atoms with Crippen molar-refractivity contribution in [3.63, 3.8) is 0 Å². The van der Waals surface area contributed by atoms with E-state index >= 15 is 0 Å². The van der Waals surface area contributed by atoms with Crippen molar-refractivity contribution in [2.24, 2.45) is 5.41 Å². The summed E-state index contributed by atoms with van der Waals surface area (Å²) in [5.41, 5.74) is 6.05. The first kappa shape index (κ1) is 14.5. The molecule has 6 nitrogen and oxygen atoms in total. The molecule has 0 radical (unpaired) electrons. The SMILES string of the molecule is CC(C)(CCCO)CNC(=O)Cn1cc(N)cn1. The van der Waals surface area contributed by atoms with Crippen LogP contribution in [0, 0.1) is 5.41 Å². The van der Waals surface area contributed by atoms with Gasteiger partial charge in [-0.2, -0.15) is 5.10 Å². The van der Waals surface area contributed by atoms with Crippen LogP contribution in [0.2, 0.25) is 0 Å². The van der Waals surface area contributed by atoms with Crippen LogP contribution >= 0.6 is 0 Å². The van der Waals surface area contributed by atoms with Gasteiger partial charge in [0.2, 0.25) is 5.91 Å². The molecular formula is C12H22N4O2. The number of nitrogen functional groups attached to an aromatic ring is 1. The molecular weight excluding hydrogens is 232 g/mol. The molecule has 0 aliphatic heterocycles.